The number of likely N-dealkylation sites (N-methyl/N-ethyl adjacent to an activating group) is 1. The second kappa shape index (κ2) is 10.1. The molecule has 0 saturated carbocycles. The third-order valence-electron chi connectivity index (χ3n) is 5.83. The van der Waals surface area contributed by atoms with Gasteiger partial charge in [0.1, 0.15) is 0 Å². The third-order valence-corrected chi connectivity index (χ3v) is 6.08. The largest absolute Gasteiger partial charge is 0.466 e. The van der Waals surface area contributed by atoms with Gasteiger partial charge in [0, 0.05) is 43.8 Å². The number of halogens is 1. The van der Waals surface area contributed by atoms with Gasteiger partial charge in [0.25, 0.3) is 0 Å². The number of carbonyl (C=O) groups is 4. The molecule has 2 fully saturated rings. The van der Waals surface area contributed by atoms with Gasteiger partial charge in [0.05, 0.1) is 25.0 Å². The molecule has 0 spiro atoms. The highest BCUT2D eigenvalue weighted by atomic mass is 35.5. The highest BCUT2D eigenvalue weighted by Gasteiger charge is 2.37. The minimum atomic E-state index is -0.490. The monoisotopic (exact) mass is 449 g/mol. The Balaban J connectivity index is 1.50. The number of ether oxygens (including phenoxy) is 1. The molecule has 8 nitrogen and oxygen atoms in total. The maximum Gasteiger partial charge on any atom is 0.309 e. The van der Waals surface area contributed by atoms with Gasteiger partial charge in [-0.2, -0.15) is 0 Å². The van der Waals surface area contributed by atoms with E-state index < -0.39 is 5.92 Å². The second-order valence-corrected chi connectivity index (χ2v) is 8.42. The predicted octanol–water partition coefficient (Wildman–Crippen LogP) is 1.95. The summed E-state index contributed by atoms with van der Waals surface area (Å²) in [7, 11) is 1.58. The van der Waals surface area contributed by atoms with Crippen molar-refractivity contribution in [3.8, 4) is 0 Å². The number of hydrogen-bond donors (Lipinski definition) is 0. The van der Waals surface area contributed by atoms with E-state index in [4.69, 9.17) is 16.3 Å². The Morgan fingerprint density at radius 2 is 1.77 bits per heavy atom. The van der Waals surface area contributed by atoms with Crippen LogP contribution in [0, 0.1) is 11.8 Å². The van der Waals surface area contributed by atoms with Gasteiger partial charge >= 0.3 is 5.97 Å². The summed E-state index contributed by atoms with van der Waals surface area (Å²) in [5, 5.41) is 0.576. The van der Waals surface area contributed by atoms with Crippen LogP contribution in [0.4, 0.5) is 5.69 Å². The number of carbonyl (C=O) groups excluding carboxylic acids is 4. The van der Waals surface area contributed by atoms with Crippen LogP contribution in [0.25, 0.3) is 0 Å². The van der Waals surface area contributed by atoms with E-state index in [0.717, 1.165) is 0 Å². The molecular formula is C22H28ClN3O5. The lowest BCUT2D eigenvalue weighted by Gasteiger charge is -2.32. The number of likely N-dealkylation sites (tertiary alicyclic amines) is 1. The average molecular weight is 450 g/mol. The van der Waals surface area contributed by atoms with Crippen molar-refractivity contribution in [3.05, 3.63) is 29.3 Å². The highest BCUT2D eigenvalue weighted by Crippen LogP contribution is 2.27. The van der Waals surface area contributed by atoms with Crippen molar-refractivity contribution in [2.75, 3.05) is 44.7 Å². The summed E-state index contributed by atoms with van der Waals surface area (Å²) in [6, 6.07) is 6.91. The van der Waals surface area contributed by atoms with Crippen molar-refractivity contribution < 1.29 is 23.9 Å². The number of benzene rings is 1. The fraction of sp³-hybridized carbons (Fsp3) is 0.545. The molecule has 1 aromatic carbocycles. The third kappa shape index (κ3) is 5.55. The molecular weight excluding hydrogens is 422 g/mol. The van der Waals surface area contributed by atoms with Crippen molar-refractivity contribution in [1.29, 1.82) is 0 Å². The molecule has 1 atom stereocenters. The van der Waals surface area contributed by atoms with E-state index in [1.54, 1.807) is 48.0 Å². The first-order valence-electron chi connectivity index (χ1n) is 10.6. The SMILES string of the molecule is CCOC(=O)C1CCN(C(=O)CN(C)C(=O)C2CC(=O)N(c3ccc(Cl)cc3)C2)CC1. The van der Waals surface area contributed by atoms with Crippen molar-refractivity contribution in [1.82, 2.24) is 9.80 Å². The van der Waals surface area contributed by atoms with Gasteiger partial charge in [-0.25, -0.2) is 0 Å². The average Bonchev–Trinajstić information content (AvgIpc) is 3.15. The number of esters is 1. The Bertz CT molecular complexity index is 836. The molecule has 3 rings (SSSR count). The van der Waals surface area contributed by atoms with E-state index in [9.17, 15) is 19.2 Å². The topological polar surface area (TPSA) is 87.2 Å². The molecule has 9 heteroatoms. The standard InChI is InChI=1S/C22H28ClN3O5/c1-3-31-22(30)15-8-10-25(11-9-15)20(28)14-24(2)21(29)16-12-19(27)26(13-16)18-6-4-17(23)5-7-18/h4-7,15-16H,3,8-14H2,1-2H3. The minimum Gasteiger partial charge on any atom is -0.466 e. The zero-order chi connectivity index (χ0) is 22.5. The van der Waals surface area contributed by atoms with Crippen LogP contribution in [0.15, 0.2) is 24.3 Å². The lowest BCUT2D eigenvalue weighted by molar-refractivity contribution is -0.151. The van der Waals surface area contributed by atoms with Crippen LogP contribution in [-0.4, -0.2) is 73.3 Å². The molecule has 0 aromatic heterocycles. The quantitative estimate of drug-likeness (QED) is 0.619. The molecule has 2 aliphatic heterocycles. The predicted molar refractivity (Wildman–Crippen MR) is 115 cm³/mol. The molecule has 1 unspecified atom stereocenters. The van der Waals surface area contributed by atoms with Crippen LogP contribution in [0.3, 0.4) is 0 Å². The van der Waals surface area contributed by atoms with Gasteiger partial charge in [0.2, 0.25) is 17.7 Å². The summed E-state index contributed by atoms with van der Waals surface area (Å²) < 4.78 is 5.05. The summed E-state index contributed by atoms with van der Waals surface area (Å²) in [6.45, 7) is 3.30. The summed E-state index contributed by atoms with van der Waals surface area (Å²) in [5.74, 6) is -1.38. The number of rotatable bonds is 6. The Hall–Kier alpha value is -2.61. The van der Waals surface area contributed by atoms with E-state index in [2.05, 4.69) is 0 Å². The zero-order valence-electron chi connectivity index (χ0n) is 17.9. The van der Waals surface area contributed by atoms with Crippen LogP contribution >= 0.6 is 11.6 Å². The molecule has 0 aliphatic carbocycles. The summed E-state index contributed by atoms with van der Waals surface area (Å²) >= 11 is 5.90. The Labute approximate surface area is 187 Å². The number of piperidine rings is 1. The molecule has 1 aromatic rings. The van der Waals surface area contributed by atoms with Crippen molar-refractivity contribution in [3.63, 3.8) is 0 Å². The van der Waals surface area contributed by atoms with E-state index in [1.165, 1.54) is 4.90 Å². The second-order valence-electron chi connectivity index (χ2n) is 7.98. The molecule has 0 bridgehead atoms. The normalized spacial score (nSPS) is 19.5. The summed E-state index contributed by atoms with van der Waals surface area (Å²) in [6.07, 6.45) is 1.25. The molecule has 0 radical (unpaired) electrons. The smallest absolute Gasteiger partial charge is 0.309 e. The first-order valence-corrected chi connectivity index (χ1v) is 10.9. The Kier molecular flexibility index (Phi) is 7.54. The van der Waals surface area contributed by atoms with Crippen molar-refractivity contribution in [2.45, 2.75) is 26.2 Å². The highest BCUT2D eigenvalue weighted by molar-refractivity contribution is 6.30. The number of anilines is 1. The van der Waals surface area contributed by atoms with Crippen molar-refractivity contribution in [2.24, 2.45) is 11.8 Å². The van der Waals surface area contributed by atoms with E-state index in [-0.39, 0.29) is 49.1 Å². The van der Waals surface area contributed by atoms with Crippen LogP contribution in [0.1, 0.15) is 26.2 Å². The lowest BCUT2D eigenvalue weighted by atomic mass is 9.97. The maximum absolute atomic E-state index is 12.8. The Morgan fingerprint density at radius 1 is 1.13 bits per heavy atom. The summed E-state index contributed by atoms with van der Waals surface area (Å²) in [4.78, 5) is 54.4. The molecule has 3 amide bonds. The zero-order valence-corrected chi connectivity index (χ0v) is 18.6. The van der Waals surface area contributed by atoms with Gasteiger partial charge in [-0.05, 0) is 44.0 Å². The van der Waals surface area contributed by atoms with E-state index in [0.29, 0.717) is 43.2 Å². The molecule has 2 heterocycles. The van der Waals surface area contributed by atoms with Crippen LogP contribution in [0.2, 0.25) is 5.02 Å². The van der Waals surface area contributed by atoms with Crippen molar-refractivity contribution >= 4 is 41.0 Å². The van der Waals surface area contributed by atoms with Gasteiger partial charge in [-0.1, -0.05) is 11.6 Å². The van der Waals surface area contributed by atoms with Gasteiger partial charge < -0.3 is 19.4 Å². The first-order chi connectivity index (χ1) is 14.8. The van der Waals surface area contributed by atoms with Crippen LogP contribution < -0.4 is 4.90 Å². The summed E-state index contributed by atoms with van der Waals surface area (Å²) in [5.41, 5.74) is 0.702. The number of hydrogen-bond acceptors (Lipinski definition) is 5. The molecule has 2 aliphatic rings. The first kappa shape index (κ1) is 23.1. The molecule has 0 N–H and O–H groups in total. The van der Waals surface area contributed by atoms with Gasteiger partial charge in [-0.3, -0.25) is 19.2 Å². The molecule has 168 valence electrons. The fourth-order valence-electron chi connectivity index (χ4n) is 4.06. The molecule has 2 saturated heterocycles. The molecule has 31 heavy (non-hydrogen) atoms. The maximum atomic E-state index is 12.8. The van der Waals surface area contributed by atoms with Crippen LogP contribution in [0.5, 0.6) is 0 Å². The van der Waals surface area contributed by atoms with E-state index >= 15 is 0 Å². The number of amides is 3. The van der Waals surface area contributed by atoms with E-state index in [1.807, 2.05) is 0 Å². The number of nitrogens with zero attached hydrogens (tertiary/aromatic N) is 3. The Morgan fingerprint density at radius 3 is 2.39 bits per heavy atom. The fourth-order valence-corrected chi connectivity index (χ4v) is 4.19. The van der Waals surface area contributed by atoms with Crippen LogP contribution in [-0.2, 0) is 23.9 Å². The lowest BCUT2D eigenvalue weighted by Crippen LogP contribution is -2.46. The van der Waals surface area contributed by atoms with Gasteiger partial charge in [-0.15, -0.1) is 0 Å². The van der Waals surface area contributed by atoms with Gasteiger partial charge in [0.15, 0.2) is 0 Å². The minimum absolute atomic E-state index is 0.0471.